The number of anilines is 1. The molecule has 0 spiro atoms. The molecule has 1 fully saturated rings. The first-order valence-electron chi connectivity index (χ1n) is 6.50. The summed E-state index contributed by atoms with van der Waals surface area (Å²) in [6.07, 6.45) is 2.27. The van der Waals surface area contributed by atoms with Crippen LogP contribution in [0.4, 0.5) is 5.69 Å². The molecular weight excluding hydrogens is 278 g/mol. The van der Waals surface area contributed by atoms with Crippen molar-refractivity contribution in [3.63, 3.8) is 0 Å². The molecule has 0 radical (unpaired) electrons. The van der Waals surface area contributed by atoms with E-state index >= 15 is 0 Å². The summed E-state index contributed by atoms with van der Waals surface area (Å²) in [7, 11) is 0. The van der Waals surface area contributed by atoms with E-state index in [2.05, 4.69) is 17.2 Å². The first-order chi connectivity index (χ1) is 9.69. The van der Waals surface area contributed by atoms with Gasteiger partial charge in [0.25, 0.3) is 0 Å². The Labute approximate surface area is 123 Å². The van der Waals surface area contributed by atoms with Gasteiger partial charge in [0.2, 0.25) is 5.91 Å². The number of aliphatic hydroxyl groups is 1. The number of hydrogen-bond acceptors (Lipinski definition) is 3. The molecule has 2 rings (SSSR count). The van der Waals surface area contributed by atoms with Crippen molar-refractivity contribution in [2.75, 3.05) is 18.5 Å². The average molecular weight is 294 g/mol. The van der Waals surface area contributed by atoms with Crippen LogP contribution in [0.15, 0.2) is 18.2 Å². The maximum atomic E-state index is 11.9. The summed E-state index contributed by atoms with van der Waals surface area (Å²) >= 11 is 6.05. The van der Waals surface area contributed by atoms with Crippen molar-refractivity contribution in [3.05, 3.63) is 28.8 Å². The zero-order valence-corrected chi connectivity index (χ0v) is 11.7. The van der Waals surface area contributed by atoms with Crippen molar-refractivity contribution in [2.45, 2.75) is 25.4 Å². The summed E-state index contributed by atoms with van der Waals surface area (Å²) in [4.78, 5) is 11.9. The van der Waals surface area contributed by atoms with Crippen LogP contribution in [0.3, 0.4) is 0 Å². The Morgan fingerprint density at radius 2 is 2.40 bits per heavy atom. The molecule has 20 heavy (non-hydrogen) atoms. The van der Waals surface area contributed by atoms with E-state index in [-0.39, 0.29) is 18.6 Å². The minimum atomic E-state index is -0.205. The minimum absolute atomic E-state index is 0.00568. The highest BCUT2D eigenvalue weighted by atomic mass is 35.5. The van der Waals surface area contributed by atoms with Gasteiger partial charge in [-0.15, -0.1) is 0 Å². The minimum Gasteiger partial charge on any atom is -0.384 e. The molecule has 106 valence electrons. The van der Waals surface area contributed by atoms with Crippen molar-refractivity contribution in [3.8, 4) is 11.8 Å². The second kappa shape index (κ2) is 7.30. The predicted octanol–water partition coefficient (Wildman–Crippen LogP) is 2.19. The zero-order valence-electron chi connectivity index (χ0n) is 11.0. The molecule has 1 atom stereocenters. The van der Waals surface area contributed by atoms with Gasteiger partial charge in [0, 0.05) is 12.2 Å². The van der Waals surface area contributed by atoms with Crippen LogP contribution in [0.1, 0.15) is 24.8 Å². The number of carbonyl (C=O) groups excluding carboxylic acids is 1. The van der Waals surface area contributed by atoms with Crippen molar-refractivity contribution in [1.82, 2.24) is 0 Å². The van der Waals surface area contributed by atoms with E-state index < -0.39 is 0 Å². The van der Waals surface area contributed by atoms with Gasteiger partial charge in [-0.05, 0) is 31.0 Å². The monoisotopic (exact) mass is 293 g/mol. The topological polar surface area (TPSA) is 58.6 Å². The predicted molar refractivity (Wildman–Crippen MR) is 77.6 cm³/mol. The first kappa shape index (κ1) is 14.9. The van der Waals surface area contributed by atoms with Gasteiger partial charge in [-0.1, -0.05) is 23.4 Å². The van der Waals surface area contributed by atoms with Crippen LogP contribution in [0.25, 0.3) is 0 Å². The lowest BCUT2D eigenvalue weighted by Crippen LogP contribution is -2.19. The third-order valence-corrected chi connectivity index (χ3v) is 3.32. The molecule has 1 amide bonds. The van der Waals surface area contributed by atoms with Crippen molar-refractivity contribution >= 4 is 23.2 Å². The Morgan fingerprint density at radius 3 is 3.10 bits per heavy atom. The van der Waals surface area contributed by atoms with Gasteiger partial charge < -0.3 is 15.2 Å². The summed E-state index contributed by atoms with van der Waals surface area (Å²) in [6.45, 7) is 0.522. The largest absolute Gasteiger partial charge is 0.384 e. The van der Waals surface area contributed by atoms with Gasteiger partial charge in [0.05, 0.1) is 23.2 Å². The molecular formula is C15H16ClNO3. The van der Waals surface area contributed by atoms with Crippen molar-refractivity contribution in [1.29, 1.82) is 0 Å². The molecule has 4 nitrogen and oxygen atoms in total. The van der Waals surface area contributed by atoms with Crippen LogP contribution < -0.4 is 5.32 Å². The Kier molecular flexibility index (Phi) is 5.42. The van der Waals surface area contributed by atoms with E-state index in [0.717, 1.165) is 19.4 Å². The van der Waals surface area contributed by atoms with Gasteiger partial charge in [-0.3, -0.25) is 4.79 Å². The third-order valence-electron chi connectivity index (χ3n) is 2.99. The van der Waals surface area contributed by atoms with Crippen LogP contribution in [-0.2, 0) is 9.53 Å². The fraction of sp³-hybridized carbons (Fsp3) is 0.400. The van der Waals surface area contributed by atoms with Crippen LogP contribution in [0, 0.1) is 11.8 Å². The van der Waals surface area contributed by atoms with E-state index in [0.29, 0.717) is 22.7 Å². The number of hydrogen-bond donors (Lipinski definition) is 2. The van der Waals surface area contributed by atoms with E-state index in [1.165, 1.54) is 0 Å². The summed E-state index contributed by atoms with van der Waals surface area (Å²) in [6, 6.07) is 5.10. The lowest BCUT2D eigenvalue weighted by atomic mass is 10.1. The highest BCUT2D eigenvalue weighted by Crippen LogP contribution is 2.24. The highest BCUT2D eigenvalue weighted by molar-refractivity contribution is 6.33. The fourth-order valence-electron chi connectivity index (χ4n) is 2.05. The standard InChI is InChI=1S/C15H16ClNO3/c16-13-6-5-11(3-1-7-18)9-14(13)17-15(19)10-12-4-2-8-20-12/h5-6,9,12,18H,2,4,7-8,10H2,(H,17,19). The Hall–Kier alpha value is -1.54. The quantitative estimate of drug-likeness (QED) is 0.840. The lowest BCUT2D eigenvalue weighted by molar-refractivity contribution is -0.118. The fourth-order valence-corrected chi connectivity index (χ4v) is 2.22. The molecule has 1 aliphatic rings. The summed E-state index contributed by atoms with van der Waals surface area (Å²) in [5.41, 5.74) is 1.22. The average Bonchev–Trinajstić information content (AvgIpc) is 2.92. The molecule has 0 aliphatic carbocycles. The molecule has 1 unspecified atom stereocenters. The number of amides is 1. The summed E-state index contributed by atoms with van der Waals surface area (Å²) in [5, 5.41) is 11.9. The number of aliphatic hydroxyl groups excluding tert-OH is 1. The van der Waals surface area contributed by atoms with Crippen LogP contribution in [0.2, 0.25) is 5.02 Å². The lowest BCUT2D eigenvalue weighted by Gasteiger charge is -2.11. The summed E-state index contributed by atoms with van der Waals surface area (Å²) in [5.74, 6) is 5.21. The molecule has 0 saturated carbocycles. The van der Waals surface area contributed by atoms with Crippen LogP contribution in [0.5, 0.6) is 0 Å². The highest BCUT2D eigenvalue weighted by Gasteiger charge is 2.19. The number of carbonyl (C=O) groups is 1. The number of benzene rings is 1. The van der Waals surface area contributed by atoms with Gasteiger partial charge in [-0.25, -0.2) is 0 Å². The van der Waals surface area contributed by atoms with Gasteiger partial charge in [0.1, 0.15) is 6.61 Å². The molecule has 1 aliphatic heterocycles. The van der Waals surface area contributed by atoms with Gasteiger partial charge in [0.15, 0.2) is 0 Å². The Bertz CT molecular complexity index is 542. The number of rotatable bonds is 3. The number of halogens is 1. The number of nitrogens with one attached hydrogen (secondary N) is 1. The normalized spacial score (nSPS) is 17.4. The van der Waals surface area contributed by atoms with E-state index in [9.17, 15) is 4.79 Å². The zero-order chi connectivity index (χ0) is 14.4. The SMILES string of the molecule is O=C(CC1CCCO1)Nc1cc(C#CCO)ccc1Cl. The molecule has 1 heterocycles. The van der Waals surface area contributed by atoms with E-state index in [1.54, 1.807) is 18.2 Å². The molecule has 1 saturated heterocycles. The molecule has 0 aromatic heterocycles. The van der Waals surface area contributed by atoms with Crippen LogP contribution in [-0.4, -0.2) is 30.3 Å². The van der Waals surface area contributed by atoms with Crippen LogP contribution >= 0.6 is 11.6 Å². The molecule has 5 heteroatoms. The van der Waals surface area contributed by atoms with Crippen molar-refractivity contribution < 1.29 is 14.6 Å². The molecule has 1 aromatic rings. The van der Waals surface area contributed by atoms with E-state index in [1.807, 2.05) is 0 Å². The Balaban J connectivity index is 2.01. The maximum absolute atomic E-state index is 11.9. The molecule has 2 N–H and O–H groups in total. The van der Waals surface area contributed by atoms with E-state index in [4.69, 9.17) is 21.4 Å². The second-order valence-electron chi connectivity index (χ2n) is 4.54. The smallest absolute Gasteiger partial charge is 0.227 e. The molecule has 1 aromatic carbocycles. The first-order valence-corrected chi connectivity index (χ1v) is 6.87. The van der Waals surface area contributed by atoms with Gasteiger partial charge >= 0.3 is 0 Å². The Morgan fingerprint density at radius 1 is 1.55 bits per heavy atom. The molecule has 0 bridgehead atoms. The van der Waals surface area contributed by atoms with Crippen molar-refractivity contribution in [2.24, 2.45) is 0 Å². The second-order valence-corrected chi connectivity index (χ2v) is 4.95. The third kappa shape index (κ3) is 4.24. The maximum Gasteiger partial charge on any atom is 0.227 e. The summed E-state index contributed by atoms with van der Waals surface area (Å²) < 4.78 is 5.42. The number of ether oxygens (including phenoxy) is 1. The van der Waals surface area contributed by atoms with Gasteiger partial charge in [-0.2, -0.15) is 0 Å².